The van der Waals surface area contributed by atoms with Gasteiger partial charge in [-0.25, -0.2) is 4.98 Å². The van der Waals surface area contributed by atoms with Gasteiger partial charge in [0, 0.05) is 42.3 Å². The summed E-state index contributed by atoms with van der Waals surface area (Å²) in [5.41, 5.74) is 2.40. The van der Waals surface area contributed by atoms with Crippen molar-refractivity contribution in [3.05, 3.63) is 65.5 Å². The summed E-state index contributed by atoms with van der Waals surface area (Å²) >= 11 is 6.06. The van der Waals surface area contributed by atoms with Crippen LogP contribution in [0.3, 0.4) is 0 Å². The van der Waals surface area contributed by atoms with Crippen molar-refractivity contribution in [2.24, 2.45) is 7.05 Å². The lowest BCUT2D eigenvalue weighted by Gasteiger charge is -2.34. The Bertz CT molecular complexity index is 931. The van der Waals surface area contributed by atoms with Crippen molar-refractivity contribution in [1.82, 2.24) is 24.2 Å². The molecule has 1 aliphatic heterocycles. The van der Waals surface area contributed by atoms with Gasteiger partial charge in [-0.05, 0) is 37.5 Å². The zero-order chi connectivity index (χ0) is 18.1. The highest BCUT2D eigenvalue weighted by Gasteiger charge is 2.30. The zero-order valence-electron chi connectivity index (χ0n) is 14.5. The van der Waals surface area contributed by atoms with Gasteiger partial charge in [-0.3, -0.25) is 9.48 Å². The maximum Gasteiger partial charge on any atom is 0.274 e. The first-order chi connectivity index (χ1) is 12.6. The summed E-state index contributed by atoms with van der Waals surface area (Å²) < 4.78 is 3.60. The predicted molar refractivity (Wildman–Crippen MR) is 99.4 cm³/mol. The van der Waals surface area contributed by atoms with E-state index in [1.54, 1.807) is 17.2 Å². The van der Waals surface area contributed by atoms with E-state index in [1.165, 1.54) is 0 Å². The van der Waals surface area contributed by atoms with E-state index in [4.69, 9.17) is 11.6 Å². The molecule has 7 heteroatoms. The molecule has 134 valence electrons. The fraction of sp³-hybridized carbons (Fsp3) is 0.316. The minimum absolute atomic E-state index is 0.0423. The maximum absolute atomic E-state index is 13.1. The molecule has 1 atom stereocenters. The highest BCUT2D eigenvalue weighted by atomic mass is 35.5. The van der Waals surface area contributed by atoms with Gasteiger partial charge in [0.05, 0.1) is 12.2 Å². The van der Waals surface area contributed by atoms with E-state index in [9.17, 15) is 4.79 Å². The minimum atomic E-state index is -0.0423. The quantitative estimate of drug-likeness (QED) is 0.708. The second kappa shape index (κ2) is 6.96. The topological polar surface area (TPSA) is 56.0 Å². The van der Waals surface area contributed by atoms with Gasteiger partial charge in [-0.2, -0.15) is 5.10 Å². The fourth-order valence-corrected chi connectivity index (χ4v) is 3.68. The molecule has 0 bridgehead atoms. The SMILES string of the molecule is Cn1cc(C2CCCCN2C(=O)c2cn(-c3cccc(Cl)c3)cn2)cn1. The Morgan fingerprint density at radius 3 is 2.92 bits per heavy atom. The number of likely N-dealkylation sites (tertiary alicyclic amines) is 1. The Hall–Kier alpha value is -2.60. The van der Waals surface area contributed by atoms with E-state index in [0.717, 1.165) is 37.1 Å². The van der Waals surface area contributed by atoms with Gasteiger partial charge in [0.2, 0.25) is 0 Å². The summed E-state index contributed by atoms with van der Waals surface area (Å²) in [7, 11) is 1.89. The van der Waals surface area contributed by atoms with E-state index in [-0.39, 0.29) is 11.9 Å². The Morgan fingerprint density at radius 1 is 1.27 bits per heavy atom. The van der Waals surface area contributed by atoms with Crippen molar-refractivity contribution in [2.75, 3.05) is 6.54 Å². The van der Waals surface area contributed by atoms with Crippen LogP contribution in [-0.2, 0) is 7.05 Å². The van der Waals surface area contributed by atoms with Crippen LogP contribution in [0.5, 0.6) is 0 Å². The molecule has 0 radical (unpaired) electrons. The van der Waals surface area contributed by atoms with Crippen LogP contribution in [0.25, 0.3) is 5.69 Å². The van der Waals surface area contributed by atoms with Crippen LogP contribution in [0.2, 0.25) is 5.02 Å². The molecule has 6 nitrogen and oxygen atoms in total. The number of carbonyl (C=O) groups excluding carboxylic acids is 1. The van der Waals surface area contributed by atoms with E-state index < -0.39 is 0 Å². The molecule has 3 heterocycles. The van der Waals surface area contributed by atoms with Crippen LogP contribution in [0, 0.1) is 0 Å². The summed E-state index contributed by atoms with van der Waals surface area (Å²) in [6.45, 7) is 0.739. The smallest absolute Gasteiger partial charge is 0.274 e. The number of benzene rings is 1. The molecule has 1 fully saturated rings. The normalized spacial score (nSPS) is 17.5. The average Bonchev–Trinajstić information content (AvgIpc) is 3.30. The highest BCUT2D eigenvalue weighted by Crippen LogP contribution is 2.31. The number of nitrogens with zero attached hydrogens (tertiary/aromatic N) is 5. The first-order valence-electron chi connectivity index (χ1n) is 8.71. The second-order valence-corrected chi connectivity index (χ2v) is 7.04. The van der Waals surface area contributed by atoms with Gasteiger partial charge in [0.1, 0.15) is 12.0 Å². The van der Waals surface area contributed by atoms with E-state index in [2.05, 4.69) is 10.1 Å². The molecule has 1 aliphatic rings. The van der Waals surface area contributed by atoms with Crippen molar-refractivity contribution in [3.63, 3.8) is 0 Å². The third-order valence-electron chi connectivity index (χ3n) is 4.78. The molecule has 0 spiro atoms. The molecule has 3 aromatic rings. The largest absolute Gasteiger partial charge is 0.330 e. The highest BCUT2D eigenvalue weighted by molar-refractivity contribution is 6.30. The summed E-state index contributed by atoms with van der Waals surface area (Å²) in [5, 5.41) is 4.91. The van der Waals surface area contributed by atoms with E-state index in [0.29, 0.717) is 10.7 Å². The number of rotatable bonds is 3. The van der Waals surface area contributed by atoms with Crippen LogP contribution in [0.1, 0.15) is 41.4 Å². The lowest BCUT2D eigenvalue weighted by Crippen LogP contribution is -2.38. The van der Waals surface area contributed by atoms with Crippen molar-refractivity contribution in [2.45, 2.75) is 25.3 Å². The molecule has 4 rings (SSSR count). The molecule has 1 aromatic carbocycles. The number of carbonyl (C=O) groups is 1. The van der Waals surface area contributed by atoms with E-state index >= 15 is 0 Å². The molecule has 26 heavy (non-hydrogen) atoms. The predicted octanol–water partition coefficient (Wildman–Crippen LogP) is 3.63. The van der Waals surface area contributed by atoms with Gasteiger partial charge in [0.15, 0.2) is 0 Å². The Labute approximate surface area is 157 Å². The molecule has 0 aliphatic carbocycles. The summed E-state index contributed by atoms with van der Waals surface area (Å²) in [6.07, 6.45) is 10.3. The van der Waals surface area contributed by atoms with Crippen LogP contribution in [-0.4, -0.2) is 36.7 Å². The van der Waals surface area contributed by atoms with Crippen molar-refractivity contribution >= 4 is 17.5 Å². The Kier molecular flexibility index (Phi) is 4.51. The molecule has 2 aromatic heterocycles. The summed E-state index contributed by atoms with van der Waals surface area (Å²) in [6, 6.07) is 7.53. The molecular formula is C19H20ClN5O. The van der Waals surface area contributed by atoms with Gasteiger partial charge in [-0.1, -0.05) is 17.7 Å². The Balaban J connectivity index is 1.60. The van der Waals surface area contributed by atoms with E-state index in [1.807, 2.05) is 53.2 Å². The minimum Gasteiger partial charge on any atom is -0.330 e. The van der Waals surface area contributed by atoms with Gasteiger partial charge >= 0.3 is 0 Å². The standard InChI is InChI=1S/C19H20ClN5O/c1-23-11-14(10-22-23)18-7-2-3-8-25(18)19(26)17-12-24(13-21-17)16-6-4-5-15(20)9-16/h4-6,9-13,18H,2-3,7-8H2,1H3. The molecule has 1 unspecified atom stereocenters. The van der Waals surface area contributed by atoms with Crippen LogP contribution in [0.4, 0.5) is 0 Å². The zero-order valence-corrected chi connectivity index (χ0v) is 15.3. The second-order valence-electron chi connectivity index (χ2n) is 6.60. The van der Waals surface area contributed by atoms with Gasteiger partial charge in [-0.15, -0.1) is 0 Å². The summed E-state index contributed by atoms with van der Waals surface area (Å²) in [5.74, 6) is -0.0423. The Morgan fingerprint density at radius 2 is 2.15 bits per heavy atom. The number of amides is 1. The number of hydrogen-bond donors (Lipinski definition) is 0. The first-order valence-corrected chi connectivity index (χ1v) is 9.09. The fourth-order valence-electron chi connectivity index (χ4n) is 3.49. The monoisotopic (exact) mass is 369 g/mol. The lowest BCUT2D eigenvalue weighted by molar-refractivity contribution is 0.0606. The molecule has 1 saturated heterocycles. The molecule has 1 amide bonds. The third-order valence-corrected chi connectivity index (χ3v) is 5.02. The first kappa shape index (κ1) is 16.8. The van der Waals surface area contributed by atoms with Crippen molar-refractivity contribution in [1.29, 1.82) is 0 Å². The lowest BCUT2D eigenvalue weighted by atomic mass is 9.97. The van der Waals surface area contributed by atoms with Gasteiger partial charge < -0.3 is 9.47 Å². The van der Waals surface area contributed by atoms with Crippen LogP contribution in [0.15, 0.2) is 49.2 Å². The number of hydrogen-bond acceptors (Lipinski definition) is 3. The summed E-state index contributed by atoms with van der Waals surface area (Å²) in [4.78, 5) is 19.4. The number of piperidine rings is 1. The third kappa shape index (κ3) is 3.24. The number of aryl methyl sites for hydroxylation is 1. The number of aromatic nitrogens is 4. The van der Waals surface area contributed by atoms with Gasteiger partial charge in [0.25, 0.3) is 5.91 Å². The van der Waals surface area contributed by atoms with Crippen molar-refractivity contribution in [3.8, 4) is 5.69 Å². The molecule has 0 saturated carbocycles. The van der Waals surface area contributed by atoms with Crippen molar-refractivity contribution < 1.29 is 4.79 Å². The molecular weight excluding hydrogens is 350 g/mol. The average molecular weight is 370 g/mol. The number of halogens is 1. The van der Waals surface area contributed by atoms with Crippen LogP contribution < -0.4 is 0 Å². The van der Waals surface area contributed by atoms with Crippen LogP contribution >= 0.6 is 11.6 Å². The number of imidazole rings is 1. The molecule has 0 N–H and O–H groups in total. The maximum atomic E-state index is 13.1.